The average molecular weight is 154 g/mol. The van der Waals surface area contributed by atoms with Gasteiger partial charge in [0.15, 0.2) is 0 Å². The van der Waals surface area contributed by atoms with E-state index in [4.69, 9.17) is 11.6 Å². The lowest BCUT2D eigenvalue weighted by molar-refractivity contribution is 0.314. The first-order valence-corrected chi connectivity index (χ1v) is 2.44. The highest BCUT2D eigenvalue weighted by atomic mass is 35.5. The summed E-state index contributed by atoms with van der Waals surface area (Å²) in [4.78, 5) is 5.96. The summed E-state index contributed by atoms with van der Waals surface area (Å²) < 4.78 is 23.9. The topological polar surface area (TPSA) is 36.8 Å². The molecule has 9 heavy (non-hydrogen) atoms. The van der Waals surface area contributed by atoms with Crippen LogP contribution >= 0.6 is 11.6 Å². The minimum Gasteiger partial charge on any atom is -0.298 e. The summed E-state index contributed by atoms with van der Waals surface area (Å²) >= 11 is 5.05. The Kier molecular flexibility index (Phi) is 1.61. The molecule has 6 heteroatoms. The van der Waals surface area contributed by atoms with Crippen molar-refractivity contribution >= 4 is 23.0 Å². The molecule has 0 aromatic carbocycles. The van der Waals surface area contributed by atoms with Gasteiger partial charge in [0.05, 0.1) is 0 Å². The fourth-order valence-electron chi connectivity index (χ4n) is 0.366. The van der Waals surface area contributed by atoms with Crippen LogP contribution < -0.4 is 5.32 Å². The second kappa shape index (κ2) is 2.26. The molecule has 0 aromatic heterocycles. The minimum absolute atomic E-state index is 0.418. The third-order valence-electron chi connectivity index (χ3n) is 0.649. The quantitative estimate of drug-likeness (QED) is 0.513. The SMILES string of the molecule is FC1=NC(Cl)=NC(F)N1. The zero-order valence-corrected chi connectivity index (χ0v) is 4.86. The highest BCUT2D eigenvalue weighted by Crippen LogP contribution is 2.01. The van der Waals surface area contributed by atoms with Crippen LogP contribution in [0.5, 0.6) is 0 Å². The maximum absolute atomic E-state index is 12.0. The summed E-state index contributed by atoms with van der Waals surface area (Å²) in [6.07, 6.45) is -2.86. The Bertz CT molecular complexity index is 178. The molecule has 0 saturated heterocycles. The van der Waals surface area contributed by atoms with Gasteiger partial charge in [0, 0.05) is 0 Å². The van der Waals surface area contributed by atoms with Crippen molar-refractivity contribution in [3.63, 3.8) is 0 Å². The van der Waals surface area contributed by atoms with E-state index in [1.165, 1.54) is 0 Å². The Hall–Kier alpha value is -0.710. The number of hydrogen-bond acceptors (Lipinski definition) is 3. The summed E-state index contributed by atoms with van der Waals surface area (Å²) in [5.41, 5.74) is 0. The molecule has 0 bridgehead atoms. The van der Waals surface area contributed by atoms with E-state index in [0.717, 1.165) is 0 Å². The number of amidine groups is 2. The van der Waals surface area contributed by atoms with Crippen molar-refractivity contribution in [3.8, 4) is 0 Å². The first-order valence-electron chi connectivity index (χ1n) is 2.06. The van der Waals surface area contributed by atoms with Gasteiger partial charge < -0.3 is 0 Å². The van der Waals surface area contributed by atoms with E-state index in [1.807, 2.05) is 0 Å². The molecule has 0 fully saturated rings. The van der Waals surface area contributed by atoms with Crippen molar-refractivity contribution in [2.75, 3.05) is 0 Å². The summed E-state index contributed by atoms with van der Waals surface area (Å²) in [5.74, 6) is 0. The van der Waals surface area contributed by atoms with Crippen molar-refractivity contribution in [2.45, 2.75) is 6.42 Å². The lowest BCUT2D eigenvalue weighted by atomic mass is 10.9. The van der Waals surface area contributed by atoms with Crippen LogP contribution in [0.25, 0.3) is 0 Å². The van der Waals surface area contributed by atoms with Gasteiger partial charge in [0.1, 0.15) is 0 Å². The van der Waals surface area contributed by atoms with Gasteiger partial charge in [-0.1, -0.05) is 0 Å². The number of alkyl halides is 1. The van der Waals surface area contributed by atoms with E-state index < -0.39 is 17.8 Å². The van der Waals surface area contributed by atoms with Crippen LogP contribution in [-0.4, -0.2) is 17.8 Å². The van der Waals surface area contributed by atoms with E-state index >= 15 is 0 Å². The second-order valence-electron chi connectivity index (χ2n) is 1.28. The van der Waals surface area contributed by atoms with Gasteiger partial charge >= 0.3 is 0 Å². The van der Waals surface area contributed by atoms with E-state index in [1.54, 1.807) is 5.32 Å². The van der Waals surface area contributed by atoms with E-state index in [0.29, 0.717) is 0 Å². The van der Waals surface area contributed by atoms with Crippen LogP contribution in [0.1, 0.15) is 0 Å². The number of rotatable bonds is 0. The number of halogens is 3. The monoisotopic (exact) mass is 153 g/mol. The van der Waals surface area contributed by atoms with Crippen molar-refractivity contribution < 1.29 is 8.78 Å². The van der Waals surface area contributed by atoms with Crippen LogP contribution in [0.3, 0.4) is 0 Å². The molecule has 1 unspecified atom stereocenters. The van der Waals surface area contributed by atoms with Gasteiger partial charge in [0.2, 0.25) is 5.29 Å². The first kappa shape index (κ1) is 6.41. The molecule has 0 radical (unpaired) electrons. The van der Waals surface area contributed by atoms with Crippen LogP contribution in [0.4, 0.5) is 8.78 Å². The van der Waals surface area contributed by atoms with Crippen LogP contribution in [0.2, 0.25) is 0 Å². The van der Waals surface area contributed by atoms with Gasteiger partial charge in [0.25, 0.3) is 12.5 Å². The van der Waals surface area contributed by atoms with E-state index in [-0.39, 0.29) is 0 Å². The van der Waals surface area contributed by atoms with Crippen LogP contribution in [0, 0.1) is 0 Å². The fourth-order valence-corrected chi connectivity index (χ4v) is 0.526. The summed E-state index contributed by atoms with van der Waals surface area (Å²) in [6.45, 7) is 0. The highest BCUT2D eigenvalue weighted by Gasteiger charge is 2.12. The molecule has 0 saturated carbocycles. The Labute approximate surface area is 54.4 Å². The van der Waals surface area contributed by atoms with Crippen molar-refractivity contribution in [2.24, 2.45) is 9.98 Å². The first-order chi connectivity index (χ1) is 4.18. The number of hydrogen-bond donors (Lipinski definition) is 1. The third kappa shape index (κ3) is 1.60. The molecule has 1 heterocycles. The standard InChI is InChI=1S/C3H2ClF2N3/c4-1-7-2(5)9-3(6)8-1/h2H,(H,7,8,9). The normalized spacial score (nSPS) is 26.3. The van der Waals surface area contributed by atoms with Gasteiger partial charge in [-0.15, -0.1) is 0 Å². The largest absolute Gasteiger partial charge is 0.298 e. The van der Waals surface area contributed by atoms with Gasteiger partial charge in [-0.25, -0.2) is 0 Å². The predicted molar refractivity (Wildman–Crippen MR) is 29.9 cm³/mol. The van der Waals surface area contributed by atoms with Crippen molar-refractivity contribution in [1.82, 2.24) is 5.32 Å². The molecule has 1 aliphatic rings. The fraction of sp³-hybridized carbons (Fsp3) is 0.333. The maximum atomic E-state index is 12.0. The Morgan fingerprint density at radius 1 is 1.67 bits per heavy atom. The van der Waals surface area contributed by atoms with E-state index in [9.17, 15) is 8.78 Å². The Morgan fingerprint density at radius 3 is 2.78 bits per heavy atom. The van der Waals surface area contributed by atoms with Gasteiger partial charge in [-0.2, -0.15) is 18.8 Å². The molecule has 1 aliphatic heterocycles. The predicted octanol–water partition coefficient (Wildman–Crippen LogP) is 0.763. The van der Waals surface area contributed by atoms with Gasteiger partial charge in [-0.3, -0.25) is 5.32 Å². The highest BCUT2D eigenvalue weighted by molar-refractivity contribution is 6.65. The number of nitrogens with zero attached hydrogens (tertiary/aromatic N) is 2. The Morgan fingerprint density at radius 2 is 2.33 bits per heavy atom. The summed E-state index contributed by atoms with van der Waals surface area (Å²) in [6, 6.07) is 0. The molecule has 0 amide bonds. The molecule has 1 atom stereocenters. The maximum Gasteiger partial charge on any atom is 0.288 e. The molecular formula is C3H2ClF2N3. The zero-order valence-electron chi connectivity index (χ0n) is 4.11. The van der Waals surface area contributed by atoms with Crippen molar-refractivity contribution in [3.05, 3.63) is 0 Å². The molecule has 0 aliphatic carbocycles. The van der Waals surface area contributed by atoms with Crippen LogP contribution in [-0.2, 0) is 0 Å². The van der Waals surface area contributed by atoms with E-state index in [2.05, 4.69) is 9.98 Å². The third-order valence-corrected chi connectivity index (χ3v) is 0.831. The molecular weight excluding hydrogens is 152 g/mol. The zero-order chi connectivity index (χ0) is 6.85. The molecule has 50 valence electrons. The summed E-state index contributed by atoms with van der Waals surface area (Å²) in [7, 11) is 0. The molecule has 1 rings (SSSR count). The number of nitrogens with one attached hydrogen (secondary N) is 1. The Balaban J connectivity index is 2.74. The van der Waals surface area contributed by atoms with Crippen LogP contribution in [0.15, 0.2) is 9.98 Å². The van der Waals surface area contributed by atoms with Gasteiger partial charge in [-0.05, 0) is 11.6 Å². The molecule has 1 N–H and O–H groups in total. The minimum atomic E-state index is -1.81. The lowest BCUT2D eigenvalue weighted by Gasteiger charge is -2.07. The average Bonchev–Trinajstić information content (AvgIpc) is 1.59. The second-order valence-corrected chi connectivity index (χ2v) is 1.62. The number of aliphatic imine (C=N–C) groups is 2. The summed E-state index contributed by atoms with van der Waals surface area (Å²) in [5, 5.41) is 1.24. The smallest absolute Gasteiger partial charge is 0.288 e. The lowest BCUT2D eigenvalue weighted by Crippen LogP contribution is -2.31. The molecule has 3 nitrogen and oxygen atoms in total. The molecule has 0 spiro atoms. The van der Waals surface area contributed by atoms with Crippen molar-refractivity contribution in [1.29, 1.82) is 0 Å². The molecule has 0 aromatic rings.